The van der Waals surface area contributed by atoms with Gasteiger partial charge in [-0.3, -0.25) is 4.40 Å². The lowest BCUT2D eigenvalue weighted by molar-refractivity contribution is 0.191. The molecule has 2 rings (SSSR count). The van der Waals surface area contributed by atoms with Crippen molar-refractivity contribution in [1.29, 1.82) is 0 Å². The van der Waals surface area contributed by atoms with Crippen LogP contribution in [0.4, 0.5) is 0 Å². The van der Waals surface area contributed by atoms with Gasteiger partial charge in [0.15, 0.2) is 0 Å². The molecule has 0 saturated carbocycles. The van der Waals surface area contributed by atoms with E-state index in [1.165, 1.54) is 0 Å². The van der Waals surface area contributed by atoms with Gasteiger partial charge in [0.05, 0.1) is 17.5 Å². The van der Waals surface area contributed by atoms with E-state index in [-0.39, 0.29) is 0 Å². The molecule has 0 bridgehead atoms. The van der Waals surface area contributed by atoms with Gasteiger partial charge in [-0.1, -0.05) is 19.9 Å². The van der Waals surface area contributed by atoms with Crippen LogP contribution < -0.4 is 0 Å². The molecule has 1 N–H and O–H groups in total. The van der Waals surface area contributed by atoms with Crippen molar-refractivity contribution in [3.8, 4) is 0 Å². The zero-order chi connectivity index (χ0) is 11.9. The van der Waals surface area contributed by atoms with Crippen molar-refractivity contribution in [2.75, 3.05) is 0 Å². The number of aryl methyl sites for hydroxylation is 1. The quantitative estimate of drug-likeness (QED) is 0.841. The number of fused-ring (bicyclic) bond motifs is 1. The first-order valence-corrected chi connectivity index (χ1v) is 5.68. The number of pyridine rings is 1. The van der Waals surface area contributed by atoms with Gasteiger partial charge >= 0.3 is 0 Å². The number of hydrogen-bond donors (Lipinski definition) is 1. The summed E-state index contributed by atoms with van der Waals surface area (Å²) in [5.41, 5.74) is 3.93. The summed E-state index contributed by atoms with van der Waals surface area (Å²) in [5.74, 6) is 0.323. The van der Waals surface area contributed by atoms with Gasteiger partial charge in [0.1, 0.15) is 5.65 Å². The maximum Gasteiger partial charge on any atom is 0.137 e. The molecular formula is C13H18N2O. The molecule has 2 aromatic heterocycles. The average molecular weight is 218 g/mol. The summed E-state index contributed by atoms with van der Waals surface area (Å²) in [7, 11) is 0. The molecule has 0 amide bonds. The Bertz CT molecular complexity index is 512. The lowest BCUT2D eigenvalue weighted by atomic mass is 10.1. The molecule has 2 aromatic rings. The van der Waals surface area contributed by atoms with E-state index in [2.05, 4.69) is 18.8 Å². The first kappa shape index (κ1) is 11.1. The van der Waals surface area contributed by atoms with Crippen LogP contribution in [0.1, 0.15) is 49.9 Å². The first-order chi connectivity index (χ1) is 7.52. The lowest BCUT2D eigenvalue weighted by Crippen LogP contribution is -2.04. The number of hydrogen-bond acceptors (Lipinski definition) is 2. The predicted octanol–water partition coefficient (Wildman–Crippen LogP) is 2.82. The van der Waals surface area contributed by atoms with Gasteiger partial charge in [-0.05, 0) is 31.9 Å². The maximum absolute atomic E-state index is 9.90. The normalized spacial score (nSPS) is 13.6. The molecule has 0 aliphatic rings. The molecule has 3 nitrogen and oxygen atoms in total. The molecule has 0 aliphatic heterocycles. The average Bonchev–Trinajstić information content (AvgIpc) is 2.58. The van der Waals surface area contributed by atoms with E-state index in [4.69, 9.17) is 0 Å². The van der Waals surface area contributed by atoms with Crippen LogP contribution >= 0.6 is 0 Å². The molecule has 0 spiro atoms. The van der Waals surface area contributed by atoms with E-state index >= 15 is 0 Å². The SMILES string of the molecule is Cc1cccc2nc(C(C)C)c(C(C)O)n12. The molecule has 1 atom stereocenters. The topological polar surface area (TPSA) is 37.5 Å². The second kappa shape index (κ2) is 3.91. The van der Waals surface area contributed by atoms with Crippen LogP contribution in [0, 0.1) is 6.92 Å². The largest absolute Gasteiger partial charge is 0.387 e. The van der Waals surface area contributed by atoms with E-state index in [1.54, 1.807) is 6.92 Å². The third-order valence-corrected chi connectivity index (χ3v) is 2.85. The summed E-state index contributed by atoms with van der Waals surface area (Å²) >= 11 is 0. The standard InChI is InChI=1S/C13H18N2O/c1-8(2)12-13(10(4)16)15-9(3)6-5-7-11(15)14-12/h5-8,10,16H,1-4H3. The van der Waals surface area contributed by atoms with Crippen LogP contribution in [0.25, 0.3) is 5.65 Å². The number of aliphatic hydroxyl groups is 1. The van der Waals surface area contributed by atoms with Gasteiger partial charge in [-0.15, -0.1) is 0 Å². The summed E-state index contributed by atoms with van der Waals surface area (Å²) in [4.78, 5) is 4.60. The fraction of sp³-hybridized carbons (Fsp3) is 0.462. The fourth-order valence-corrected chi connectivity index (χ4v) is 2.12. The number of rotatable bonds is 2. The van der Waals surface area contributed by atoms with Crippen LogP contribution in [0.3, 0.4) is 0 Å². The van der Waals surface area contributed by atoms with Crippen LogP contribution in [-0.2, 0) is 0 Å². The van der Waals surface area contributed by atoms with Gasteiger partial charge in [0.25, 0.3) is 0 Å². The minimum absolute atomic E-state index is 0.323. The van der Waals surface area contributed by atoms with Crippen LogP contribution in [0.15, 0.2) is 18.2 Å². The molecule has 0 radical (unpaired) electrons. The Morgan fingerprint density at radius 3 is 2.50 bits per heavy atom. The minimum atomic E-state index is -0.492. The monoisotopic (exact) mass is 218 g/mol. The molecule has 3 heteroatoms. The number of nitrogens with zero attached hydrogens (tertiary/aromatic N) is 2. The molecule has 1 unspecified atom stereocenters. The highest BCUT2D eigenvalue weighted by Crippen LogP contribution is 2.26. The Balaban J connectivity index is 2.83. The fourth-order valence-electron chi connectivity index (χ4n) is 2.12. The number of aromatic nitrogens is 2. The van der Waals surface area contributed by atoms with Crippen molar-refractivity contribution < 1.29 is 5.11 Å². The zero-order valence-corrected chi connectivity index (χ0v) is 10.2. The smallest absolute Gasteiger partial charge is 0.137 e. The third kappa shape index (κ3) is 1.61. The van der Waals surface area contributed by atoms with Crippen LogP contribution in [-0.4, -0.2) is 14.5 Å². The molecular weight excluding hydrogens is 200 g/mol. The van der Waals surface area contributed by atoms with E-state index < -0.39 is 6.10 Å². The lowest BCUT2D eigenvalue weighted by Gasteiger charge is -2.11. The highest BCUT2D eigenvalue weighted by molar-refractivity contribution is 5.46. The molecule has 0 fully saturated rings. The van der Waals surface area contributed by atoms with Crippen molar-refractivity contribution in [3.63, 3.8) is 0 Å². The predicted molar refractivity (Wildman–Crippen MR) is 64.7 cm³/mol. The van der Waals surface area contributed by atoms with Crippen LogP contribution in [0.2, 0.25) is 0 Å². The minimum Gasteiger partial charge on any atom is -0.387 e. The molecule has 16 heavy (non-hydrogen) atoms. The second-order valence-electron chi connectivity index (χ2n) is 4.57. The Morgan fingerprint density at radius 1 is 1.25 bits per heavy atom. The zero-order valence-electron chi connectivity index (χ0n) is 10.2. The number of aliphatic hydroxyl groups excluding tert-OH is 1. The molecule has 2 heterocycles. The molecule has 0 saturated heterocycles. The van der Waals surface area contributed by atoms with Gasteiger partial charge in [0.2, 0.25) is 0 Å². The van der Waals surface area contributed by atoms with Gasteiger partial charge in [0, 0.05) is 5.69 Å². The van der Waals surface area contributed by atoms with Gasteiger partial charge in [-0.2, -0.15) is 0 Å². The molecule has 0 aliphatic carbocycles. The van der Waals surface area contributed by atoms with E-state index in [1.807, 2.05) is 29.5 Å². The summed E-state index contributed by atoms with van der Waals surface area (Å²) in [6.45, 7) is 8.03. The second-order valence-corrected chi connectivity index (χ2v) is 4.57. The Hall–Kier alpha value is -1.35. The Morgan fingerprint density at radius 2 is 1.94 bits per heavy atom. The van der Waals surface area contributed by atoms with E-state index in [9.17, 15) is 5.11 Å². The van der Waals surface area contributed by atoms with Crippen LogP contribution in [0.5, 0.6) is 0 Å². The van der Waals surface area contributed by atoms with Crippen molar-refractivity contribution in [2.45, 2.75) is 39.7 Å². The molecule has 0 aromatic carbocycles. The highest BCUT2D eigenvalue weighted by Gasteiger charge is 2.19. The van der Waals surface area contributed by atoms with Gasteiger partial charge < -0.3 is 5.11 Å². The van der Waals surface area contributed by atoms with Crippen molar-refractivity contribution in [2.24, 2.45) is 0 Å². The van der Waals surface area contributed by atoms with Gasteiger partial charge in [-0.25, -0.2) is 4.98 Å². The Labute approximate surface area is 95.8 Å². The third-order valence-electron chi connectivity index (χ3n) is 2.85. The summed E-state index contributed by atoms with van der Waals surface area (Å²) < 4.78 is 2.04. The first-order valence-electron chi connectivity index (χ1n) is 5.68. The number of imidazole rings is 1. The highest BCUT2D eigenvalue weighted by atomic mass is 16.3. The van der Waals surface area contributed by atoms with E-state index in [0.717, 1.165) is 22.7 Å². The Kier molecular flexibility index (Phi) is 2.72. The maximum atomic E-state index is 9.90. The summed E-state index contributed by atoms with van der Waals surface area (Å²) in [6.07, 6.45) is -0.492. The van der Waals surface area contributed by atoms with E-state index in [0.29, 0.717) is 5.92 Å². The summed E-state index contributed by atoms with van der Waals surface area (Å²) in [6, 6.07) is 6.00. The van der Waals surface area contributed by atoms with Crippen molar-refractivity contribution >= 4 is 5.65 Å². The van der Waals surface area contributed by atoms with Crippen molar-refractivity contribution in [1.82, 2.24) is 9.38 Å². The molecule has 86 valence electrons. The summed E-state index contributed by atoms with van der Waals surface area (Å²) in [5, 5.41) is 9.90. The van der Waals surface area contributed by atoms with Crippen molar-refractivity contribution in [3.05, 3.63) is 35.3 Å².